The van der Waals surface area contributed by atoms with E-state index in [1.165, 1.54) is 5.56 Å². The molecule has 0 aliphatic carbocycles. The van der Waals surface area contributed by atoms with Crippen LogP contribution in [0, 0.1) is 9.49 Å². The largest absolute Gasteiger partial charge is 0.398 e. The van der Waals surface area contributed by atoms with Crippen LogP contribution in [0.15, 0.2) is 16.6 Å². The molecule has 1 aromatic rings. The highest BCUT2D eigenvalue weighted by atomic mass is 127. The van der Waals surface area contributed by atoms with E-state index in [1.54, 1.807) is 0 Å². The lowest BCUT2D eigenvalue weighted by Gasteiger charge is -2.10. The molecule has 0 spiro atoms. The summed E-state index contributed by atoms with van der Waals surface area (Å²) in [6, 6.07) is 4.15. The second-order valence-corrected chi connectivity index (χ2v) is 5.64. The van der Waals surface area contributed by atoms with Gasteiger partial charge in [0.25, 0.3) is 0 Å². The quantitative estimate of drug-likeness (QED) is 0.634. The summed E-state index contributed by atoms with van der Waals surface area (Å²) in [5.41, 5.74) is 8.14. The van der Waals surface area contributed by atoms with E-state index in [2.05, 4.69) is 58.4 Å². The van der Waals surface area contributed by atoms with Gasteiger partial charge in [-0.3, -0.25) is 0 Å². The molecule has 3 heteroatoms. The molecule has 0 amide bonds. The van der Waals surface area contributed by atoms with E-state index in [4.69, 9.17) is 5.73 Å². The van der Waals surface area contributed by atoms with Crippen molar-refractivity contribution in [2.45, 2.75) is 20.3 Å². The van der Waals surface area contributed by atoms with E-state index in [0.29, 0.717) is 5.92 Å². The van der Waals surface area contributed by atoms with E-state index in [0.717, 1.165) is 20.2 Å². The number of hydrogen-bond donors (Lipinski definition) is 1. The normalized spacial score (nSPS) is 10.8. The number of anilines is 1. The summed E-state index contributed by atoms with van der Waals surface area (Å²) in [7, 11) is 0. The van der Waals surface area contributed by atoms with Gasteiger partial charge < -0.3 is 5.73 Å². The molecule has 0 heterocycles. The van der Waals surface area contributed by atoms with Gasteiger partial charge in [0.2, 0.25) is 0 Å². The minimum atomic E-state index is 0.646. The summed E-state index contributed by atoms with van der Waals surface area (Å²) in [6.07, 6.45) is 1.04. The van der Waals surface area contributed by atoms with Gasteiger partial charge in [0.15, 0.2) is 0 Å². The Labute approximate surface area is 101 Å². The van der Waals surface area contributed by atoms with Crippen LogP contribution in [0.25, 0.3) is 0 Å². The molecule has 0 saturated carbocycles. The van der Waals surface area contributed by atoms with Crippen LogP contribution in [0.5, 0.6) is 0 Å². The number of halogens is 2. The zero-order valence-corrected chi connectivity index (χ0v) is 11.5. The zero-order chi connectivity index (χ0) is 10.0. The first-order valence-electron chi connectivity index (χ1n) is 4.24. The van der Waals surface area contributed by atoms with E-state index >= 15 is 0 Å². The lowest BCUT2D eigenvalue weighted by molar-refractivity contribution is 0.648. The summed E-state index contributed by atoms with van der Waals surface area (Å²) < 4.78 is 2.24. The van der Waals surface area contributed by atoms with Gasteiger partial charge in [-0.15, -0.1) is 0 Å². The van der Waals surface area contributed by atoms with Crippen LogP contribution >= 0.6 is 38.5 Å². The Bertz CT molecular complexity index is 310. The molecule has 72 valence electrons. The molecule has 0 fully saturated rings. The highest BCUT2D eigenvalue weighted by Crippen LogP contribution is 2.26. The fraction of sp³-hybridized carbons (Fsp3) is 0.400. The number of nitrogens with two attached hydrogens (primary N) is 1. The molecular formula is C10H13BrIN. The van der Waals surface area contributed by atoms with Crippen molar-refractivity contribution in [1.82, 2.24) is 0 Å². The molecule has 0 unspecified atom stereocenters. The van der Waals surface area contributed by atoms with Crippen molar-refractivity contribution in [3.8, 4) is 0 Å². The molecule has 0 saturated heterocycles. The molecule has 0 aliphatic heterocycles. The Balaban J connectivity index is 3.05. The van der Waals surface area contributed by atoms with Crippen molar-refractivity contribution in [2.75, 3.05) is 5.73 Å². The predicted octanol–water partition coefficient (Wildman–Crippen LogP) is 3.83. The SMILES string of the molecule is CC(C)Cc1cc(Br)cc(I)c1N. The number of benzene rings is 1. The maximum atomic E-state index is 5.97. The Kier molecular flexibility index (Phi) is 4.04. The van der Waals surface area contributed by atoms with Gasteiger partial charge in [0.05, 0.1) is 0 Å². The van der Waals surface area contributed by atoms with Crippen LogP contribution in [0.1, 0.15) is 19.4 Å². The van der Waals surface area contributed by atoms with Crippen LogP contribution in [0.4, 0.5) is 5.69 Å². The van der Waals surface area contributed by atoms with Gasteiger partial charge in [-0.1, -0.05) is 29.8 Å². The average molecular weight is 354 g/mol. The van der Waals surface area contributed by atoms with Crippen molar-refractivity contribution in [1.29, 1.82) is 0 Å². The number of rotatable bonds is 2. The minimum Gasteiger partial charge on any atom is -0.398 e. The standard InChI is InChI=1S/C10H13BrIN/c1-6(2)3-7-4-8(11)5-9(12)10(7)13/h4-6H,3,13H2,1-2H3. The number of nitrogen functional groups attached to an aromatic ring is 1. The first kappa shape index (κ1) is 11.3. The second kappa shape index (κ2) is 4.64. The van der Waals surface area contributed by atoms with Crippen molar-refractivity contribution in [3.05, 3.63) is 25.7 Å². The topological polar surface area (TPSA) is 26.0 Å². The smallest absolute Gasteiger partial charge is 0.0483 e. The fourth-order valence-corrected chi connectivity index (χ4v) is 2.86. The van der Waals surface area contributed by atoms with Gasteiger partial charge in [0.1, 0.15) is 0 Å². The summed E-state index contributed by atoms with van der Waals surface area (Å²) in [5, 5.41) is 0. The van der Waals surface area contributed by atoms with Crippen molar-refractivity contribution < 1.29 is 0 Å². The molecule has 13 heavy (non-hydrogen) atoms. The Morgan fingerprint density at radius 3 is 2.62 bits per heavy atom. The first-order valence-corrected chi connectivity index (χ1v) is 6.11. The van der Waals surface area contributed by atoms with Crippen molar-refractivity contribution >= 4 is 44.2 Å². The van der Waals surface area contributed by atoms with Gasteiger partial charge in [0, 0.05) is 13.7 Å². The van der Waals surface area contributed by atoms with E-state index in [-0.39, 0.29) is 0 Å². The maximum absolute atomic E-state index is 5.97. The Hall–Kier alpha value is 0.230. The van der Waals surface area contributed by atoms with Crippen LogP contribution < -0.4 is 5.73 Å². The van der Waals surface area contributed by atoms with E-state index in [9.17, 15) is 0 Å². The monoisotopic (exact) mass is 353 g/mol. The Morgan fingerprint density at radius 2 is 2.08 bits per heavy atom. The second-order valence-electron chi connectivity index (χ2n) is 3.56. The highest BCUT2D eigenvalue weighted by molar-refractivity contribution is 14.1. The van der Waals surface area contributed by atoms with Crippen LogP contribution in [-0.4, -0.2) is 0 Å². The van der Waals surface area contributed by atoms with E-state index in [1.807, 2.05) is 6.07 Å². The minimum absolute atomic E-state index is 0.646. The van der Waals surface area contributed by atoms with Gasteiger partial charge >= 0.3 is 0 Å². The summed E-state index contributed by atoms with van der Waals surface area (Å²) in [6.45, 7) is 4.40. The first-order chi connectivity index (χ1) is 6.00. The molecule has 0 bridgehead atoms. The summed E-state index contributed by atoms with van der Waals surface area (Å²) in [5.74, 6) is 0.646. The zero-order valence-electron chi connectivity index (χ0n) is 7.77. The van der Waals surface area contributed by atoms with Gasteiger partial charge in [-0.25, -0.2) is 0 Å². The van der Waals surface area contributed by atoms with Crippen LogP contribution in [0.2, 0.25) is 0 Å². The van der Waals surface area contributed by atoms with Crippen molar-refractivity contribution in [2.24, 2.45) is 5.92 Å². The highest BCUT2D eigenvalue weighted by Gasteiger charge is 2.06. The molecular weight excluding hydrogens is 341 g/mol. The van der Waals surface area contributed by atoms with Gasteiger partial charge in [-0.05, 0) is 52.6 Å². The maximum Gasteiger partial charge on any atom is 0.0483 e. The average Bonchev–Trinajstić information content (AvgIpc) is 1.98. The third-order valence-corrected chi connectivity index (χ3v) is 3.16. The van der Waals surface area contributed by atoms with Crippen LogP contribution in [0.3, 0.4) is 0 Å². The molecule has 1 aromatic carbocycles. The predicted molar refractivity (Wildman–Crippen MR) is 69.8 cm³/mol. The van der Waals surface area contributed by atoms with Crippen LogP contribution in [-0.2, 0) is 6.42 Å². The van der Waals surface area contributed by atoms with Gasteiger partial charge in [-0.2, -0.15) is 0 Å². The lowest BCUT2D eigenvalue weighted by atomic mass is 10.0. The molecule has 0 atom stereocenters. The molecule has 0 radical (unpaired) electrons. The molecule has 2 N–H and O–H groups in total. The molecule has 0 aliphatic rings. The third kappa shape index (κ3) is 3.13. The summed E-state index contributed by atoms with van der Waals surface area (Å²) in [4.78, 5) is 0. The molecule has 1 nitrogen and oxygen atoms in total. The molecule has 0 aromatic heterocycles. The summed E-state index contributed by atoms with van der Waals surface area (Å²) >= 11 is 5.74. The lowest BCUT2D eigenvalue weighted by Crippen LogP contribution is -2.01. The molecule has 1 rings (SSSR count). The third-order valence-electron chi connectivity index (χ3n) is 1.81. The Morgan fingerprint density at radius 1 is 1.46 bits per heavy atom. The van der Waals surface area contributed by atoms with E-state index < -0.39 is 0 Å². The number of hydrogen-bond acceptors (Lipinski definition) is 1. The van der Waals surface area contributed by atoms with Crippen molar-refractivity contribution in [3.63, 3.8) is 0 Å². The fourth-order valence-electron chi connectivity index (χ4n) is 1.25.